The van der Waals surface area contributed by atoms with Crippen LogP contribution in [0.1, 0.15) is 167 Å². The number of carbonyl (C=O) groups excluding carboxylic acids is 5. The summed E-state index contributed by atoms with van der Waals surface area (Å²) in [6, 6.07) is 28.3. The second-order valence-corrected chi connectivity index (χ2v) is 54.8. The van der Waals surface area contributed by atoms with Crippen LogP contribution in [0.4, 0.5) is 17.1 Å². The largest absolute Gasteiger partial charge is 0.467 e. The van der Waals surface area contributed by atoms with Gasteiger partial charge in [-0.25, -0.2) is 31.2 Å². The predicted octanol–water partition coefficient (Wildman–Crippen LogP) is 21.4. The summed E-state index contributed by atoms with van der Waals surface area (Å²) in [5.41, 5.74) is 14.1. The molecule has 0 saturated heterocycles. The van der Waals surface area contributed by atoms with E-state index in [1.54, 1.807) is 24.3 Å². The summed E-state index contributed by atoms with van der Waals surface area (Å²) in [4.78, 5) is 63.5. The number of carbonyl (C=O) groups is 5. The van der Waals surface area contributed by atoms with Crippen molar-refractivity contribution in [2.24, 2.45) is 0 Å². The van der Waals surface area contributed by atoms with Crippen LogP contribution < -0.4 is 13.9 Å². The number of hydrogen-bond acceptors (Lipinski definition) is 19. The number of benzene rings is 6. The third-order valence-corrected chi connectivity index (χ3v) is 30.8. The minimum absolute atomic E-state index is 0. The molecular formula is C97H137Cl3N6O18S2Si2. The van der Waals surface area contributed by atoms with Crippen molar-refractivity contribution >= 4 is 150 Å². The average molecular weight is 1900 g/mol. The lowest BCUT2D eigenvalue weighted by Crippen LogP contribution is -2.50. The van der Waals surface area contributed by atoms with Crippen LogP contribution in [-0.2, 0) is 102 Å². The van der Waals surface area contributed by atoms with E-state index in [0.717, 1.165) is 100.0 Å². The highest BCUT2D eigenvalue weighted by atomic mass is 35.5. The number of hydrogen-bond donors (Lipinski definition) is 2. The minimum atomic E-state index is -3.89. The molecule has 0 unspecified atom stereocenters. The summed E-state index contributed by atoms with van der Waals surface area (Å²) in [5.74, 6) is -1.85. The Morgan fingerprint density at radius 3 is 1.06 bits per heavy atom. The third-order valence-electron chi connectivity index (χ3n) is 22.3. The van der Waals surface area contributed by atoms with Gasteiger partial charge in [0.1, 0.15) is 13.2 Å². The fraction of sp³-hybridized carbons (Fsp3) is 0.515. The molecule has 0 bridgehead atoms. The lowest BCUT2D eigenvalue weighted by Gasteiger charge is -2.40. The summed E-state index contributed by atoms with van der Waals surface area (Å²) in [5, 5.41) is 18.5. The van der Waals surface area contributed by atoms with E-state index in [2.05, 4.69) is 71.3 Å². The van der Waals surface area contributed by atoms with Gasteiger partial charge in [0.2, 0.25) is 20.0 Å². The summed E-state index contributed by atoms with van der Waals surface area (Å²) in [7, 11) is -7.18. The molecule has 24 nitrogen and oxygen atoms in total. The van der Waals surface area contributed by atoms with Crippen LogP contribution in [0.3, 0.4) is 0 Å². The molecule has 6 aromatic carbocycles. The van der Waals surface area contributed by atoms with Gasteiger partial charge < -0.3 is 62.0 Å². The van der Waals surface area contributed by atoms with Crippen LogP contribution in [0.2, 0.25) is 66.4 Å². The van der Waals surface area contributed by atoms with Crippen LogP contribution in [0, 0.1) is 41.5 Å². The number of methoxy groups -OCH3 is 3. The smallest absolute Gasteiger partial charge is 0.339 e. The van der Waals surface area contributed by atoms with Crippen molar-refractivity contribution in [3.05, 3.63) is 157 Å². The normalized spacial score (nSPS) is 15.9. The van der Waals surface area contributed by atoms with Crippen LogP contribution in [-0.4, -0.2) is 182 Å². The maximum atomic E-state index is 14.5. The second kappa shape index (κ2) is 41.9. The number of aromatic nitrogens is 3. The molecule has 6 heterocycles. The number of rotatable bonds is 29. The maximum Gasteiger partial charge on any atom is 0.339 e. The van der Waals surface area contributed by atoms with Crippen LogP contribution in [0.25, 0.3) is 66.1 Å². The number of nitrogens with zero attached hydrogens (tertiary/aromatic N) is 5. The van der Waals surface area contributed by atoms with E-state index >= 15 is 0 Å². The van der Waals surface area contributed by atoms with Gasteiger partial charge in [-0.3, -0.25) is 18.2 Å². The molecule has 0 amide bonds. The highest BCUT2D eigenvalue weighted by Gasteiger charge is 2.47. The topological polar surface area (TPSA) is 281 Å². The van der Waals surface area contributed by atoms with Gasteiger partial charge in [0.15, 0.2) is 29.9 Å². The molecule has 3 aliphatic rings. The van der Waals surface area contributed by atoms with Gasteiger partial charge in [-0.15, -0.1) is 0 Å². The van der Waals surface area contributed by atoms with Crippen molar-refractivity contribution in [2.45, 2.75) is 264 Å². The average Bonchev–Trinajstić information content (AvgIpc) is 1.34. The molecule has 12 rings (SSSR count). The monoisotopic (exact) mass is 1900 g/mol. The first-order valence-corrected chi connectivity index (χ1v) is 53.9. The number of nitrogens with one attached hydrogen (secondary N) is 1. The zero-order valence-electron chi connectivity index (χ0n) is 77.2. The summed E-state index contributed by atoms with van der Waals surface area (Å²) >= 11 is 18.8. The molecule has 704 valence electrons. The van der Waals surface area contributed by atoms with E-state index in [4.69, 9.17) is 72.7 Å². The first kappa shape index (κ1) is 107. The number of aryl methyl sites for hydroxylation is 3. The lowest BCUT2D eigenvalue weighted by atomic mass is 9.87. The van der Waals surface area contributed by atoms with Crippen molar-refractivity contribution in [3.8, 4) is 33.4 Å². The molecule has 6 atom stereocenters. The Balaban J connectivity index is 0.000000261. The number of ketones is 2. The SMILES string of the molecule is C.C.C.COC(=O)[C@@H](OC(C)(C)C)c1c(C)c2c3c(cc(C)n3C[C@@H](CO)N2S(=O)(=O)CC[Si](C)(C)C)c1-c1ccc(Cl)cc1.COC(=O)[C@@H](OC(C)(C)C)c1c(C)c2c3c(cc(C)n3C[C@@H](COCC(C)=O)N2)c1-c1ccc(Cl)cc1.COC(=O)[C@@H](OC(C)(C)C)c1c(C)c2c3c(cc(C)n3C[C@@H](COCC(C)=O)N2S(=O)(=O)CC[Si](C)(C)C)c1-c1ccc(Cl)cc1. The molecule has 3 aliphatic heterocycles. The molecule has 9 aromatic rings. The fourth-order valence-corrected chi connectivity index (χ4v) is 26.7. The Morgan fingerprint density at radius 2 is 0.758 bits per heavy atom. The lowest BCUT2D eigenvalue weighted by molar-refractivity contribution is -0.164. The van der Waals surface area contributed by atoms with E-state index in [1.165, 1.54) is 43.8 Å². The number of anilines is 3. The first-order valence-electron chi connectivity index (χ1n) is 42.2. The van der Waals surface area contributed by atoms with Gasteiger partial charge in [0, 0.05) is 101 Å². The van der Waals surface area contributed by atoms with Crippen LogP contribution in [0.5, 0.6) is 0 Å². The molecule has 2 N–H and O–H groups in total. The number of Topliss-reactive ketones (excluding diaryl/α,β-unsaturated/α-hetero) is 2. The quantitative estimate of drug-likeness (QED) is 0.0250. The van der Waals surface area contributed by atoms with Gasteiger partial charge in [0.25, 0.3) is 0 Å². The van der Waals surface area contributed by atoms with E-state index < -0.39 is 101 Å². The molecule has 3 aromatic heterocycles. The fourth-order valence-electron chi connectivity index (χ4n) is 16.8. The standard InChI is InChI=1S/C34H47ClN2O7SSi.C31H43ClN2O6SSi.C29H35ClN2O5.3CH4/c1-21-17-27-29(24-11-13-25(35)14-12-24)28(32(33(39)42-7)44-34(4,5)6)23(3)30-31(27)36(21)18-26(20-43-19-22(2)38)37(30)45(40,41)15-16-46(8,9)10;1-19-16-24-26(21-10-12-22(32)13-11-21)25(29(30(36)39-6)40-31(3,4)5)20(2)27-28(24)33(19)17-23(18-35)34(27)41(37,38)14-15-42(7,8)9;1-16-12-22-24(19-8-10-20(30)11-9-19)23(27(28(34)35-7)37-29(4,5)6)18(3)25-26(22)32(16)13-21(31-25)15-36-14-17(2)33;;;/h11-14,17,26,32H,15-16,18-20H2,1-10H3;10-13,16,23,29,35H,14-15,17-18H2,1-9H3;8-12,21,27,31H,13-15H2,1-7H3;3*1H4/t26-,32-;23-,29-;21-,27-;;;/m000.../s1. The van der Waals surface area contributed by atoms with E-state index in [-0.39, 0.29) is 77.8 Å². The highest BCUT2D eigenvalue weighted by molar-refractivity contribution is 7.93. The molecule has 0 radical (unpaired) electrons. The Bertz CT molecular complexity index is 5800. The van der Waals surface area contributed by atoms with Crippen molar-refractivity contribution in [1.82, 2.24) is 13.7 Å². The van der Waals surface area contributed by atoms with Crippen molar-refractivity contribution in [2.75, 3.05) is 79.8 Å². The number of halogens is 3. The molecule has 0 spiro atoms. The van der Waals surface area contributed by atoms with Crippen molar-refractivity contribution < 1.29 is 83.8 Å². The zero-order chi connectivity index (χ0) is 92.8. The van der Waals surface area contributed by atoms with Crippen LogP contribution in [0.15, 0.2) is 91.0 Å². The predicted molar refractivity (Wildman–Crippen MR) is 526 cm³/mol. The van der Waals surface area contributed by atoms with Crippen molar-refractivity contribution in [1.29, 1.82) is 0 Å². The van der Waals surface area contributed by atoms with Gasteiger partial charge in [-0.05, 0) is 234 Å². The summed E-state index contributed by atoms with van der Waals surface area (Å²) in [6.45, 7) is 45.8. The Hall–Kier alpha value is -7.95. The number of sulfonamides is 2. The molecule has 0 saturated carbocycles. The van der Waals surface area contributed by atoms with E-state index in [0.29, 0.717) is 87.0 Å². The number of aliphatic hydroxyl groups is 1. The van der Waals surface area contributed by atoms with E-state index in [9.17, 15) is 45.9 Å². The van der Waals surface area contributed by atoms with Gasteiger partial charge >= 0.3 is 17.9 Å². The Kier molecular flexibility index (Phi) is 35.0. The van der Waals surface area contributed by atoms with Gasteiger partial charge in [-0.2, -0.15) is 0 Å². The molecular weight excluding hydrogens is 1760 g/mol. The summed E-state index contributed by atoms with van der Waals surface area (Å²) < 4.78 is 113. The minimum Gasteiger partial charge on any atom is -0.467 e. The molecule has 128 heavy (non-hydrogen) atoms. The number of esters is 3. The van der Waals surface area contributed by atoms with Gasteiger partial charge in [0.05, 0.1) is 121 Å². The zero-order valence-corrected chi connectivity index (χ0v) is 83.1. The molecule has 0 aliphatic carbocycles. The second-order valence-electron chi connectivity index (χ2n) is 38.3. The molecule has 31 heteroatoms. The van der Waals surface area contributed by atoms with Gasteiger partial charge in [-0.1, -0.05) is 133 Å². The highest BCUT2D eigenvalue weighted by Crippen LogP contribution is 2.54. The van der Waals surface area contributed by atoms with Crippen molar-refractivity contribution in [3.63, 3.8) is 0 Å². The van der Waals surface area contributed by atoms with Crippen LogP contribution >= 0.6 is 34.8 Å². The van der Waals surface area contributed by atoms with E-state index in [1.807, 2.05) is 158 Å². The first-order chi connectivity index (χ1) is 58.1. The Morgan fingerprint density at radius 1 is 0.461 bits per heavy atom. The number of ether oxygens (including phenoxy) is 8. The molecule has 0 fully saturated rings. The maximum absolute atomic E-state index is 14.5. The third kappa shape index (κ3) is 24.1. The number of aliphatic hydroxyl groups excluding tert-OH is 1. The Labute approximate surface area is 776 Å². The summed E-state index contributed by atoms with van der Waals surface area (Å²) in [6.07, 6.45) is -3.26.